The zero-order valence-electron chi connectivity index (χ0n) is 21.4. The first-order valence-electron chi connectivity index (χ1n) is 11.6. The Kier molecular flexibility index (Phi) is 14.2. The van der Waals surface area contributed by atoms with Crippen LogP contribution in [0.15, 0.2) is 97.1 Å². The SMILES string of the molecule is CO.OC(c1ccc(Cl)cc1)(c1ccc(Cl)cc1)C(Cl)(Cl)Cl.OC(c1ccc(Cl)cc1)(c1ccc(Cl)cc1)C(Cl)(Cl)Cl. The van der Waals surface area contributed by atoms with E-state index in [-0.39, 0.29) is 0 Å². The number of hydrogen-bond donors (Lipinski definition) is 3. The van der Waals surface area contributed by atoms with Crippen LogP contribution in [0.4, 0.5) is 0 Å². The molecule has 0 amide bonds. The highest BCUT2D eigenvalue weighted by molar-refractivity contribution is 6.69. The van der Waals surface area contributed by atoms with Crippen molar-refractivity contribution in [2.75, 3.05) is 7.11 Å². The standard InChI is InChI=1S/2C14H9Cl5O.CH4O/c2*15-11-5-1-9(2-6-11)13(20,14(17,18)19)10-3-7-12(16)8-4-10;1-2/h2*1-8,20H;2H,1H3. The molecule has 0 unspecified atom stereocenters. The highest BCUT2D eigenvalue weighted by Gasteiger charge is 2.51. The van der Waals surface area contributed by atoms with Gasteiger partial charge in [-0.25, -0.2) is 0 Å². The summed E-state index contributed by atoms with van der Waals surface area (Å²) in [5.74, 6) is 0. The summed E-state index contributed by atoms with van der Waals surface area (Å²) in [5, 5.41) is 31.1. The Labute approximate surface area is 294 Å². The summed E-state index contributed by atoms with van der Waals surface area (Å²) in [7, 11) is 1.00. The van der Waals surface area contributed by atoms with Crippen LogP contribution in [0.3, 0.4) is 0 Å². The minimum atomic E-state index is -1.96. The van der Waals surface area contributed by atoms with Crippen LogP contribution in [0.1, 0.15) is 22.3 Å². The molecule has 13 heteroatoms. The predicted octanol–water partition coefficient (Wildman–Crippen LogP) is 10.8. The van der Waals surface area contributed by atoms with Crippen LogP contribution in [0.5, 0.6) is 0 Å². The number of aliphatic hydroxyl groups is 3. The Hall–Kier alpha value is -0.340. The molecule has 4 aromatic rings. The van der Waals surface area contributed by atoms with E-state index in [1.54, 1.807) is 97.1 Å². The molecule has 0 radical (unpaired) electrons. The van der Waals surface area contributed by atoms with Crippen molar-refractivity contribution in [3.05, 3.63) is 139 Å². The quantitative estimate of drug-likeness (QED) is 0.181. The van der Waals surface area contributed by atoms with E-state index < -0.39 is 18.8 Å². The lowest BCUT2D eigenvalue weighted by Gasteiger charge is -2.35. The molecule has 0 aliphatic heterocycles. The van der Waals surface area contributed by atoms with E-state index in [4.69, 9.17) is 121 Å². The van der Waals surface area contributed by atoms with Gasteiger partial charge in [0.15, 0.2) is 11.2 Å². The summed E-state index contributed by atoms with van der Waals surface area (Å²) < 4.78 is -3.93. The van der Waals surface area contributed by atoms with E-state index in [2.05, 4.69) is 0 Å². The maximum atomic E-state index is 11.0. The molecule has 0 spiro atoms. The molecule has 0 saturated carbocycles. The number of aliphatic hydroxyl groups excluding tert-OH is 1. The van der Waals surface area contributed by atoms with Gasteiger partial charge in [-0.1, -0.05) is 165 Å². The van der Waals surface area contributed by atoms with Crippen molar-refractivity contribution < 1.29 is 15.3 Å². The number of benzene rings is 4. The van der Waals surface area contributed by atoms with Gasteiger partial charge in [-0.05, 0) is 70.8 Å². The Morgan fingerprint density at radius 2 is 0.500 bits per heavy atom. The molecule has 0 aromatic heterocycles. The Bertz CT molecular complexity index is 1200. The van der Waals surface area contributed by atoms with Crippen LogP contribution < -0.4 is 0 Å². The van der Waals surface area contributed by atoms with Crippen LogP contribution in [0.25, 0.3) is 0 Å². The molecule has 3 nitrogen and oxygen atoms in total. The van der Waals surface area contributed by atoms with E-state index in [9.17, 15) is 10.2 Å². The first kappa shape index (κ1) is 37.8. The molecule has 42 heavy (non-hydrogen) atoms. The van der Waals surface area contributed by atoms with Crippen LogP contribution in [0, 0.1) is 0 Å². The summed E-state index contributed by atoms with van der Waals surface area (Å²) in [6.07, 6.45) is 0. The zero-order chi connectivity index (χ0) is 31.9. The van der Waals surface area contributed by atoms with Crippen molar-refractivity contribution in [2.24, 2.45) is 0 Å². The number of rotatable bonds is 4. The highest BCUT2D eigenvalue weighted by Crippen LogP contribution is 2.50. The van der Waals surface area contributed by atoms with Gasteiger partial charge in [-0.2, -0.15) is 0 Å². The van der Waals surface area contributed by atoms with Gasteiger partial charge >= 0.3 is 0 Å². The average Bonchev–Trinajstić information content (AvgIpc) is 2.94. The molecule has 0 bridgehead atoms. The molecule has 0 heterocycles. The lowest BCUT2D eigenvalue weighted by molar-refractivity contribution is 0.0847. The molecular weight excluding hydrogens is 751 g/mol. The van der Waals surface area contributed by atoms with Gasteiger partial charge in [0.05, 0.1) is 0 Å². The van der Waals surface area contributed by atoms with Crippen LogP contribution in [-0.4, -0.2) is 30.0 Å². The maximum Gasteiger partial charge on any atom is 0.227 e. The number of hydrogen-bond acceptors (Lipinski definition) is 3. The van der Waals surface area contributed by atoms with E-state index >= 15 is 0 Å². The van der Waals surface area contributed by atoms with Gasteiger partial charge in [0.25, 0.3) is 0 Å². The predicted molar refractivity (Wildman–Crippen MR) is 181 cm³/mol. The molecule has 0 atom stereocenters. The van der Waals surface area contributed by atoms with Crippen molar-refractivity contribution in [1.82, 2.24) is 0 Å². The summed E-state index contributed by atoms with van der Waals surface area (Å²) in [4.78, 5) is 0. The van der Waals surface area contributed by atoms with Gasteiger partial charge < -0.3 is 15.3 Å². The largest absolute Gasteiger partial charge is 0.400 e. The summed E-state index contributed by atoms with van der Waals surface area (Å²) in [6.45, 7) is 0. The normalized spacial score (nSPS) is 12.0. The lowest BCUT2D eigenvalue weighted by Crippen LogP contribution is -2.41. The third-order valence-corrected chi connectivity index (χ3v) is 8.52. The van der Waals surface area contributed by atoms with E-state index in [1.807, 2.05) is 0 Å². The Balaban J connectivity index is 0.000000277. The third-order valence-electron chi connectivity index (χ3n) is 5.87. The van der Waals surface area contributed by atoms with Crippen LogP contribution in [-0.2, 0) is 11.2 Å². The molecule has 226 valence electrons. The van der Waals surface area contributed by atoms with E-state index in [0.717, 1.165) is 7.11 Å². The smallest absolute Gasteiger partial charge is 0.227 e. The van der Waals surface area contributed by atoms with Gasteiger partial charge in [-0.15, -0.1) is 0 Å². The first-order chi connectivity index (χ1) is 19.5. The molecule has 3 N–H and O–H groups in total. The fourth-order valence-electron chi connectivity index (χ4n) is 3.75. The van der Waals surface area contributed by atoms with Crippen molar-refractivity contribution >= 4 is 116 Å². The molecule has 0 aliphatic carbocycles. The van der Waals surface area contributed by atoms with Gasteiger partial charge in [-0.3, -0.25) is 0 Å². The highest BCUT2D eigenvalue weighted by atomic mass is 35.6. The Morgan fingerprint density at radius 1 is 0.357 bits per heavy atom. The summed E-state index contributed by atoms with van der Waals surface area (Å²) in [6, 6.07) is 25.8. The second kappa shape index (κ2) is 15.8. The zero-order valence-corrected chi connectivity index (χ0v) is 28.9. The van der Waals surface area contributed by atoms with Crippen molar-refractivity contribution in [1.29, 1.82) is 0 Å². The number of alkyl halides is 6. The minimum Gasteiger partial charge on any atom is -0.400 e. The monoisotopic (exact) mass is 768 g/mol. The molecular formula is C29H22Cl10O3. The fourth-order valence-corrected chi connectivity index (χ4v) is 5.57. The van der Waals surface area contributed by atoms with Gasteiger partial charge in [0.1, 0.15) is 0 Å². The average molecular weight is 773 g/mol. The van der Waals surface area contributed by atoms with Crippen molar-refractivity contribution in [3.8, 4) is 0 Å². The summed E-state index contributed by atoms with van der Waals surface area (Å²) >= 11 is 59.4. The minimum absolute atomic E-state index is 0.421. The topological polar surface area (TPSA) is 60.7 Å². The molecule has 0 aliphatic rings. The van der Waals surface area contributed by atoms with Crippen molar-refractivity contribution in [3.63, 3.8) is 0 Å². The molecule has 0 saturated heterocycles. The summed E-state index contributed by atoms with van der Waals surface area (Å²) in [5.41, 5.74) is -1.94. The van der Waals surface area contributed by atoms with Crippen LogP contribution >= 0.6 is 116 Å². The first-order valence-corrected chi connectivity index (χ1v) is 15.3. The van der Waals surface area contributed by atoms with E-state index in [1.165, 1.54) is 0 Å². The third kappa shape index (κ3) is 8.89. The van der Waals surface area contributed by atoms with Gasteiger partial charge in [0.2, 0.25) is 7.59 Å². The second-order valence-electron chi connectivity index (χ2n) is 8.44. The van der Waals surface area contributed by atoms with Gasteiger partial charge in [0, 0.05) is 27.2 Å². The fraction of sp³-hybridized carbons (Fsp3) is 0.172. The maximum absolute atomic E-state index is 11.0. The van der Waals surface area contributed by atoms with Crippen LogP contribution in [0.2, 0.25) is 20.1 Å². The van der Waals surface area contributed by atoms with Crippen molar-refractivity contribution in [2.45, 2.75) is 18.8 Å². The molecule has 4 rings (SSSR count). The Morgan fingerprint density at radius 3 is 0.619 bits per heavy atom. The number of halogens is 10. The lowest BCUT2D eigenvalue weighted by atomic mass is 9.87. The van der Waals surface area contributed by atoms with E-state index in [0.29, 0.717) is 42.3 Å². The molecule has 4 aromatic carbocycles. The second-order valence-corrected chi connectivity index (χ2v) is 14.8. The molecule has 0 fully saturated rings.